The van der Waals surface area contributed by atoms with Crippen LogP contribution in [0.1, 0.15) is 15.4 Å². The Morgan fingerprint density at radius 1 is 1.08 bits per heavy atom. The van der Waals surface area contributed by atoms with Gasteiger partial charge in [-0.3, -0.25) is 4.99 Å². The number of aliphatic imine (C=N–C) groups is 1. The summed E-state index contributed by atoms with van der Waals surface area (Å²) in [7, 11) is 6.53. The molecule has 0 saturated carbocycles. The molecule has 0 saturated heterocycles. The number of aryl methyl sites for hydroxylation is 1. The van der Waals surface area contributed by atoms with E-state index in [1.807, 2.05) is 25.3 Å². The normalized spacial score (nSPS) is 10.7. The molecule has 144 valence electrons. The number of hydrogen-bond acceptors (Lipinski definition) is 6. The molecule has 0 radical (unpaired) electrons. The van der Waals surface area contributed by atoms with E-state index in [-0.39, 0.29) is 24.0 Å². The van der Waals surface area contributed by atoms with Crippen LogP contribution in [0, 0.1) is 6.92 Å². The number of ether oxygens (including phenoxy) is 3. The van der Waals surface area contributed by atoms with Gasteiger partial charge in [0.15, 0.2) is 17.5 Å². The van der Waals surface area contributed by atoms with Crippen LogP contribution in [0.2, 0.25) is 0 Å². The van der Waals surface area contributed by atoms with Crippen LogP contribution in [-0.2, 0) is 13.1 Å². The van der Waals surface area contributed by atoms with Crippen LogP contribution in [0.4, 0.5) is 0 Å². The van der Waals surface area contributed by atoms with Crippen LogP contribution < -0.4 is 24.8 Å². The van der Waals surface area contributed by atoms with E-state index in [2.05, 4.69) is 20.6 Å². The van der Waals surface area contributed by atoms with Gasteiger partial charge in [-0.25, -0.2) is 4.98 Å². The lowest BCUT2D eigenvalue weighted by molar-refractivity contribution is 0.323. The Morgan fingerprint density at radius 2 is 1.69 bits per heavy atom. The standard InChI is InChI=1S/C17H24N4O3S.HI/c1-11-8-19-15(25-11)10-21-17(18-2)20-9-12-6-13(22-3)16(24-5)14(7-12)23-4;/h6-8H,9-10H2,1-5H3,(H2,18,20,21);1H. The molecule has 2 aromatic rings. The second kappa shape index (κ2) is 11.1. The van der Waals surface area contributed by atoms with Gasteiger partial charge in [-0.1, -0.05) is 0 Å². The van der Waals surface area contributed by atoms with Crippen molar-refractivity contribution < 1.29 is 14.2 Å². The molecule has 0 amide bonds. The molecule has 0 unspecified atom stereocenters. The minimum atomic E-state index is 0. The van der Waals surface area contributed by atoms with Gasteiger partial charge in [0.05, 0.1) is 27.9 Å². The highest BCUT2D eigenvalue weighted by Crippen LogP contribution is 2.38. The second-order valence-corrected chi connectivity index (χ2v) is 6.50. The Hall–Kier alpha value is -1.75. The highest BCUT2D eigenvalue weighted by atomic mass is 127. The predicted molar refractivity (Wildman–Crippen MR) is 115 cm³/mol. The number of benzene rings is 1. The van der Waals surface area contributed by atoms with Crippen LogP contribution in [0.3, 0.4) is 0 Å². The molecule has 0 aliphatic rings. The summed E-state index contributed by atoms with van der Waals surface area (Å²) in [5.74, 6) is 2.52. The molecule has 0 fully saturated rings. The maximum Gasteiger partial charge on any atom is 0.203 e. The predicted octanol–water partition coefficient (Wildman–Crippen LogP) is 2.96. The van der Waals surface area contributed by atoms with Gasteiger partial charge in [0.25, 0.3) is 0 Å². The zero-order valence-electron chi connectivity index (χ0n) is 15.6. The zero-order chi connectivity index (χ0) is 18.2. The Labute approximate surface area is 175 Å². The Bertz CT molecular complexity index is 712. The van der Waals surface area contributed by atoms with E-state index >= 15 is 0 Å². The number of nitrogens with one attached hydrogen (secondary N) is 2. The summed E-state index contributed by atoms with van der Waals surface area (Å²) in [6, 6.07) is 3.82. The summed E-state index contributed by atoms with van der Waals surface area (Å²) in [5.41, 5.74) is 0.988. The Kier molecular flexibility index (Phi) is 9.49. The first kappa shape index (κ1) is 22.3. The van der Waals surface area contributed by atoms with Gasteiger partial charge < -0.3 is 24.8 Å². The third kappa shape index (κ3) is 5.90. The molecule has 2 rings (SSSR count). The summed E-state index contributed by atoms with van der Waals surface area (Å²) in [6.45, 7) is 3.24. The molecule has 26 heavy (non-hydrogen) atoms. The number of methoxy groups -OCH3 is 3. The van der Waals surface area contributed by atoms with Crippen molar-refractivity contribution >= 4 is 41.3 Å². The lowest BCUT2D eigenvalue weighted by Gasteiger charge is -2.15. The molecule has 0 bridgehead atoms. The van der Waals surface area contributed by atoms with Crippen molar-refractivity contribution in [1.82, 2.24) is 15.6 Å². The number of thiazole rings is 1. The summed E-state index contributed by atoms with van der Waals surface area (Å²) in [4.78, 5) is 9.75. The van der Waals surface area contributed by atoms with Crippen molar-refractivity contribution in [3.05, 3.63) is 33.8 Å². The van der Waals surface area contributed by atoms with Crippen molar-refractivity contribution in [3.63, 3.8) is 0 Å². The molecular weight excluding hydrogens is 467 g/mol. The van der Waals surface area contributed by atoms with Gasteiger partial charge >= 0.3 is 0 Å². The van der Waals surface area contributed by atoms with Crippen molar-refractivity contribution in [2.45, 2.75) is 20.0 Å². The zero-order valence-corrected chi connectivity index (χ0v) is 18.7. The van der Waals surface area contributed by atoms with Gasteiger partial charge in [-0.05, 0) is 24.6 Å². The molecule has 1 aromatic carbocycles. The average Bonchev–Trinajstić information content (AvgIpc) is 3.06. The Morgan fingerprint density at radius 3 is 2.15 bits per heavy atom. The van der Waals surface area contributed by atoms with Crippen LogP contribution in [0.5, 0.6) is 17.2 Å². The third-order valence-electron chi connectivity index (χ3n) is 3.48. The average molecular weight is 492 g/mol. The van der Waals surface area contributed by atoms with E-state index in [9.17, 15) is 0 Å². The number of rotatable bonds is 7. The summed E-state index contributed by atoms with van der Waals surface area (Å²) < 4.78 is 16.1. The summed E-state index contributed by atoms with van der Waals surface area (Å²) in [5, 5.41) is 7.54. The van der Waals surface area contributed by atoms with Crippen LogP contribution in [0.15, 0.2) is 23.3 Å². The Balaban J connectivity index is 0.00000338. The third-order valence-corrected chi connectivity index (χ3v) is 4.40. The fraction of sp³-hybridized carbons (Fsp3) is 0.412. The second-order valence-electron chi connectivity index (χ2n) is 5.18. The first-order chi connectivity index (χ1) is 12.1. The monoisotopic (exact) mass is 492 g/mol. The maximum absolute atomic E-state index is 5.37. The van der Waals surface area contributed by atoms with Crippen molar-refractivity contribution in [2.75, 3.05) is 28.4 Å². The molecule has 0 aliphatic heterocycles. The van der Waals surface area contributed by atoms with Crippen molar-refractivity contribution in [2.24, 2.45) is 4.99 Å². The summed E-state index contributed by atoms with van der Waals surface area (Å²) in [6.07, 6.45) is 1.87. The smallest absolute Gasteiger partial charge is 0.203 e. The fourth-order valence-corrected chi connectivity index (χ4v) is 3.01. The molecule has 7 nitrogen and oxygen atoms in total. The van der Waals surface area contributed by atoms with E-state index in [0.29, 0.717) is 36.3 Å². The van der Waals surface area contributed by atoms with Gasteiger partial charge in [0.2, 0.25) is 5.75 Å². The molecule has 0 aliphatic carbocycles. The van der Waals surface area contributed by atoms with Crippen LogP contribution in [0.25, 0.3) is 0 Å². The minimum absolute atomic E-state index is 0. The SMILES string of the molecule is CN=C(NCc1cc(OC)c(OC)c(OC)c1)NCc1ncc(C)s1.I. The van der Waals surface area contributed by atoms with Gasteiger partial charge in [-0.2, -0.15) is 0 Å². The summed E-state index contributed by atoms with van der Waals surface area (Å²) >= 11 is 1.67. The molecule has 0 atom stereocenters. The van der Waals surface area contributed by atoms with Gasteiger partial charge in [0, 0.05) is 24.7 Å². The quantitative estimate of drug-likeness (QED) is 0.352. The number of guanidine groups is 1. The highest BCUT2D eigenvalue weighted by Gasteiger charge is 2.13. The topological polar surface area (TPSA) is 77.0 Å². The van der Waals surface area contributed by atoms with E-state index in [1.54, 1.807) is 39.7 Å². The fourth-order valence-electron chi connectivity index (χ4n) is 2.29. The molecular formula is C17H25IN4O3S. The van der Waals surface area contributed by atoms with E-state index in [0.717, 1.165) is 10.6 Å². The minimum Gasteiger partial charge on any atom is -0.493 e. The first-order valence-electron chi connectivity index (χ1n) is 7.76. The van der Waals surface area contributed by atoms with E-state index in [4.69, 9.17) is 14.2 Å². The van der Waals surface area contributed by atoms with Gasteiger partial charge in [-0.15, -0.1) is 35.3 Å². The first-order valence-corrected chi connectivity index (χ1v) is 8.57. The van der Waals surface area contributed by atoms with Crippen LogP contribution in [-0.4, -0.2) is 39.3 Å². The molecule has 1 heterocycles. The van der Waals surface area contributed by atoms with Crippen molar-refractivity contribution in [3.8, 4) is 17.2 Å². The van der Waals surface area contributed by atoms with E-state index in [1.165, 1.54) is 4.88 Å². The largest absolute Gasteiger partial charge is 0.493 e. The molecule has 1 aromatic heterocycles. The molecule has 0 spiro atoms. The number of halogens is 1. The van der Waals surface area contributed by atoms with E-state index < -0.39 is 0 Å². The maximum atomic E-state index is 5.37. The lowest BCUT2D eigenvalue weighted by atomic mass is 10.2. The number of hydrogen-bond donors (Lipinski definition) is 2. The van der Waals surface area contributed by atoms with Crippen LogP contribution >= 0.6 is 35.3 Å². The number of nitrogens with zero attached hydrogens (tertiary/aromatic N) is 2. The van der Waals surface area contributed by atoms with Gasteiger partial charge in [0.1, 0.15) is 5.01 Å². The lowest BCUT2D eigenvalue weighted by Crippen LogP contribution is -2.36. The highest BCUT2D eigenvalue weighted by molar-refractivity contribution is 14.0. The van der Waals surface area contributed by atoms with Crippen molar-refractivity contribution in [1.29, 1.82) is 0 Å². The molecule has 2 N–H and O–H groups in total. The number of aromatic nitrogens is 1. The molecule has 9 heteroatoms.